The SMILES string of the molecule is CCOC(=O)c1ccccc1NC(=O)c1oc2c(c1C)/C(=N/NC(=O)Cc1coc3cc(C)cc(C)c13)CCC2. The highest BCUT2D eigenvalue weighted by molar-refractivity contribution is 6.11. The minimum atomic E-state index is -0.521. The van der Waals surface area contributed by atoms with Gasteiger partial charge in [-0.15, -0.1) is 0 Å². The Morgan fingerprint density at radius 3 is 2.67 bits per heavy atom. The van der Waals surface area contributed by atoms with E-state index in [0.717, 1.165) is 39.6 Å². The van der Waals surface area contributed by atoms with Crippen molar-refractivity contribution in [1.82, 2.24) is 5.43 Å². The van der Waals surface area contributed by atoms with Crippen molar-refractivity contribution in [2.75, 3.05) is 11.9 Å². The van der Waals surface area contributed by atoms with Gasteiger partial charge in [0, 0.05) is 28.5 Å². The van der Waals surface area contributed by atoms with Crippen molar-refractivity contribution in [1.29, 1.82) is 0 Å². The largest absolute Gasteiger partial charge is 0.464 e. The number of hydrogen-bond acceptors (Lipinski definition) is 7. The lowest BCUT2D eigenvalue weighted by molar-refractivity contribution is -0.120. The van der Waals surface area contributed by atoms with Crippen LogP contribution in [-0.2, 0) is 22.4 Å². The molecule has 0 aliphatic heterocycles. The molecule has 5 rings (SSSR count). The monoisotopic (exact) mass is 541 g/mol. The number of hydrogen-bond donors (Lipinski definition) is 2. The third-order valence-corrected chi connectivity index (χ3v) is 6.96. The number of carbonyl (C=O) groups is 3. The predicted octanol–water partition coefficient (Wildman–Crippen LogP) is 5.78. The molecule has 0 unspecified atom stereocenters. The van der Waals surface area contributed by atoms with Crippen LogP contribution >= 0.6 is 0 Å². The van der Waals surface area contributed by atoms with Gasteiger partial charge in [-0.3, -0.25) is 9.59 Å². The van der Waals surface area contributed by atoms with Crippen LogP contribution in [0.25, 0.3) is 11.0 Å². The summed E-state index contributed by atoms with van der Waals surface area (Å²) in [6.07, 6.45) is 3.79. The number of nitrogens with one attached hydrogen (secondary N) is 2. The standard InChI is InChI=1S/C31H31N3O6/c1-5-38-31(37)21-9-6-7-10-22(21)32-30(36)29-19(4)28-23(11-8-12-24(28)40-29)33-34-26(35)15-20-16-39-25-14-17(2)13-18(3)27(20)25/h6-7,9-10,13-14,16H,5,8,11-12,15H2,1-4H3,(H,32,36)(H,34,35)/b33-23+. The average Bonchev–Trinajstić information content (AvgIpc) is 3.48. The van der Waals surface area contributed by atoms with Crippen LogP contribution in [0.1, 0.15) is 74.3 Å². The van der Waals surface area contributed by atoms with E-state index in [1.165, 1.54) is 0 Å². The van der Waals surface area contributed by atoms with Crippen molar-refractivity contribution >= 4 is 40.2 Å². The summed E-state index contributed by atoms with van der Waals surface area (Å²) >= 11 is 0. The lowest BCUT2D eigenvalue weighted by Gasteiger charge is -2.13. The number of anilines is 1. The van der Waals surface area contributed by atoms with Gasteiger partial charge >= 0.3 is 5.97 Å². The van der Waals surface area contributed by atoms with Crippen LogP contribution in [0.3, 0.4) is 0 Å². The highest BCUT2D eigenvalue weighted by Gasteiger charge is 2.29. The number of ether oxygens (including phenoxy) is 1. The minimum Gasteiger partial charge on any atom is -0.464 e. The Morgan fingerprint density at radius 2 is 1.88 bits per heavy atom. The van der Waals surface area contributed by atoms with Crippen LogP contribution in [-0.4, -0.2) is 30.1 Å². The summed E-state index contributed by atoms with van der Waals surface area (Å²) in [5, 5.41) is 8.15. The first-order valence-corrected chi connectivity index (χ1v) is 13.3. The zero-order valence-electron chi connectivity index (χ0n) is 23.0. The number of para-hydroxylation sites is 1. The highest BCUT2D eigenvalue weighted by Crippen LogP contribution is 2.31. The molecule has 9 heteroatoms. The van der Waals surface area contributed by atoms with Gasteiger partial charge in [-0.2, -0.15) is 5.10 Å². The molecule has 0 atom stereocenters. The Labute approximate surface area is 231 Å². The summed E-state index contributed by atoms with van der Waals surface area (Å²) in [5.41, 5.74) is 9.00. The number of amides is 2. The molecule has 40 heavy (non-hydrogen) atoms. The summed E-state index contributed by atoms with van der Waals surface area (Å²) < 4.78 is 16.8. The van der Waals surface area contributed by atoms with Crippen molar-refractivity contribution in [3.63, 3.8) is 0 Å². The first kappa shape index (κ1) is 26.9. The zero-order valence-corrected chi connectivity index (χ0v) is 23.0. The second-order valence-corrected chi connectivity index (χ2v) is 9.91. The molecule has 0 saturated heterocycles. The summed E-state index contributed by atoms with van der Waals surface area (Å²) in [6, 6.07) is 10.7. The molecule has 0 radical (unpaired) electrons. The topological polar surface area (TPSA) is 123 Å². The van der Waals surface area contributed by atoms with Gasteiger partial charge in [-0.1, -0.05) is 18.2 Å². The van der Waals surface area contributed by atoms with Crippen LogP contribution in [0.2, 0.25) is 0 Å². The molecule has 2 aromatic heterocycles. The number of nitrogens with zero attached hydrogens (tertiary/aromatic N) is 1. The molecule has 0 fully saturated rings. The fraction of sp³-hybridized carbons (Fsp3) is 0.290. The normalized spacial score (nSPS) is 13.8. The number of carbonyl (C=O) groups excluding carboxylic acids is 3. The zero-order chi connectivity index (χ0) is 28.4. The van der Waals surface area contributed by atoms with Crippen molar-refractivity contribution < 1.29 is 28.0 Å². The Kier molecular flexibility index (Phi) is 7.55. The molecule has 2 N–H and O–H groups in total. The Hall–Kier alpha value is -4.66. The number of rotatable bonds is 7. The number of fused-ring (bicyclic) bond motifs is 2. The number of aryl methyl sites for hydroxylation is 3. The van der Waals surface area contributed by atoms with E-state index in [2.05, 4.69) is 21.9 Å². The summed E-state index contributed by atoms with van der Waals surface area (Å²) in [5.74, 6) is -0.484. The third-order valence-electron chi connectivity index (χ3n) is 6.96. The van der Waals surface area contributed by atoms with Gasteiger partial charge in [-0.25, -0.2) is 10.2 Å². The molecule has 9 nitrogen and oxygen atoms in total. The molecule has 0 bridgehead atoms. The van der Waals surface area contributed by atoms with Gasteiger partial charge in [0.25, 0.3) is 5.91 Å². The van der Waals surface area contributed by atoms with Crippen LogP contribution in [0, 0.1) is 20.8 Å². The molecule has 1 aliphatic rings. The van der Waals surface area contributed by atoms with Gasteiger partial charge in [-0.05, 0) is 69.9 Å². The maximum atomic E-state index is 13.2. The molecule has 4 aromatic rings. The van der Waals surface area contributed by atoms with Gasteiger partial charge < -0.3 is 18.9 Å². The minimum absolute atomic E-state index is 0.123. The van der Waals surface area contributed by atoms with Crippen molar-refractivity contribution in [2.24, 2.45) is 5.10 Å². The lowest BCUT2D eigenvalue weighted by atomic mass is 9.93. The Morgan fingerprint density at radius 1 is 1.07 bits per heavy atom. The molecule has 0 spiro atoms. The highest BCUT2D eigenvalue weighted by atomic mass is 16.5. The Bertz CT molecular complexity index is 1660. The van der Waals surface area contributed by atoms with E-state index in [-0.39, 0.29) is 30.3 Å². The second-order valence-electron chi connectivity index (χ2n) is 9.91. The number of furan rings is 2. The smallest absolute Gasteiger partial charge is 0.340 e. The number of hydrazone groups is 1. The van der Waals surface area contributed by atoms with Crippen LogP contribution in [0.5, 0.6) is 0 Å². The lowest BCUT2D eigenvalue weighted by Crippen LogP contribution is -2.23. The number of esters is 1. The average molecular weight is 542 g/mol. The molecule has 2 heterocycles. The predicted molar refractivity (Wildman–Crippen MR) is 151 cm³/mol. The summed E-state index contributed by atoms with van der Waals surface area (Å²) in [6.45, 7) is 7.74. The summed E-state index contributed by atoms with van der Waals surface area (Å²) in [4.78, 5) is 38.4. The number of benzene rings is 2. The van der Waals surface area contributed by atoms with E-state index in [4.69, 9.17) is 13.6 Å². The van der Waals surface area contributed by atoms with Crippen LogP contribution in [0.15, 0.2) is 56.6 Å². The first-order chi connectivity index (χ1) is 19.3. The maximum absolute atomic E-state index is 13.2. The van der Waals surface area contributed by atoms with Gasteiger partial charge in [0.05, 0.1) is 36.3 Å². The van der Waals surface area contributed by atoms with E-state index >= 15 is 0 Å². The van der Waals surface area contributed by atoms with Gasteiger partial charge in [0.2, 0.25) is 5.91 Å². The van der Waals surface area contributed by atoms with Crippen LogP contribution < -0.4 is 10.7 Å². The quantitative estimate of drug-likeness (QED) is 0.226. The molecular formula is C31H31N3O6. The van der Waals surface area contributed by atoms with E-state index in [1.54, 1.807) is 44.4 Å². The third kappa shape index (κ3) is 5.27. The molecule has 206 valence electrons. The Balaban J connectivity index is 1.34. The fourth-order valence-electron chi connectivity index (χ4n) is 5.25. The second kappa shape index (κ2) is 11.2. The molecule has 2 amide bonds. The molecular weight excluding hydrogens is 510 g/mol. The van der Waals surface area contributed by atoms with Crippen LogP contribution in [0.4, 0.5) is 5.69 Å². The van der Waals surface area contributed by atoms with Gasteiger partial charge in [0.1, 0.15) is 11.3 Å². The van der Waals surface area contributed by atoms with E-state index in [0.29, 0.717) is 35.6 Å². The van der Waals surface area contributed by atoms with Crippen molar-refractivity contribution in [2.45, 2.75) is 53.4 Å². The summed E-state index contributed by atoms with van der Waals surface area (Å²) in [7, 11) is 0. The molecule has 1 aliphatic carbocycles. The van der Waals surface area contributed by atoms with E-state index in [9.17, 15) is 14.4 Å². The van der Waals surface area contributed by atoms with Crippen molar-refractivity contribution in [3.8, 4) is 0 Å². The van der Waals surface area contributed by atoms with Gasteiger partial charge in [0.15, 0.2) is 5.76 Å². The van der Waals surface area contributed by atoms with Crippen molar-refractivity contribution in [3.05, 3.63) is 87.6 Å². The van der Waals surface area contributed by atoms with E-state index in [1.807, 2.05) is 19.9 Å². The fourth-order valence-corrected chi connectivity index (χ4v) is 5.25. The first-order valence-electron chi connectivity index (χ1n) is 13.3. The molecule has 0 saturated carbocycles. The maximum Gasteiger partial charge on any atom is 0.340 e. The molecule has 2 aromatic carbocycles. The van der Waals surface area contributed by atoms with E-state index < -0.39 is 11.9 Å².